The van der Waals surface area contributed by atoms with Crippen LogP contribution in [0.25, 0.3) is 0 Å². The third-order valence-corrected chi connectivity index (χ3v) is 3.70. The van der Waals surface area contributed by atoms with Crippen LogP contribution >= 0.6 is 11.6 Å². The number of hydrogen-bond acceptors (Lipinski definition) is 4. The van der Waals surface area contributed by atoms with E-state index in [0.717, 1.165) is 25.0 Å². The molecule has 1 atom stereocenters. The molecule has 1 saturated heterocycles. The molecule has 1 aliphatic rings. The zero-order valence-electron chi connectivity index (χ0n) is 11.3. The molecule has 5 heteroatoms. The maximum absolute atomic E-state index is 10.1. The van der Waals surface area contributed by atoms with Gasteiger partial charge in [0.2, 0.25) is 0 Å². The molecule has 1 aromatic carbocycles. The van der Waals surface area contributed by atoms with Crippen molar-refractivity contribution in [3.8, 4) is 11.5 Å². The van der Waals surface area contributed by atoms with E-state index in [2.05, 4.69) is 12.2 Å². The third-order valence-electron chi connectivity index (χ3n) is 3.48. The Bertz CT molecular complexity index is 445. The molecule has 1 fully saturated rings. The average molecular weight is 286 g/mol. The normalized spacial score (nSPS) is 23.3. The van der Waals surface area contributed by atoms with E-state index < -0.39 is 0 Å². The number of benzene rings is 1. The SMILES string of the molecule is COc1cc(Cl)cc(CNC2(C)CCCOC2)c1O. The summed E-state index contributed by atoms with van der Waals surface area (Å²) in [4.78, 5) is 0. The van der Waals surface area contributed by atoms with Crippen molar-refractivity contribution in [2.24, 2.45) is 0 Å². The van der Waals surface area contributed by atoms with Crippen molar-refractivity contribution in [3.63, 3.8) is 0 Å². The van der Waals surface area contributed by atoms with Crippen LogP contribution in [0.15, 0.2) is 12.1 Å². The molecule has 19 heavy (non-hydrogen) atoms. The van der Waals surface area contributed by atoms with Gasteiger partial charge >= 0.3 is 0 Å². The van der Waals surface area contributed by atoms with Gasteiger partial charge in [-0.3, -0.25) is 0 Å². The monoisotopic (exact) mass is 285 g/mol. The largest absolute Gasteiger partial charge is 0.504 e. The second-order valence-electron chi connectivity index (χ2n) is 5.19. The summed E-state index contributed by atoms with van der Waals surface area (Å²) in [5.74, 6) is 0.536. The van der Waals surface area contributed by atoms with Crippen LogP contribution < -0.4 is 10.1 Å². The van der Waals surface area contributed by atoms with Gasteiger partial charge in [-0.25, -0.2) is 0 Å². The van der Waals surface area contributed by atoms with Gasteiger partial charge in [0.15, 0.2) is 11.5 Å². The van der Waals surface area contributed by atoms with Crippen LogP contribution in [0, 0.1) is 0 Å². The highest BCUT2D eigenvalue weighted by atomic mass is 35.5. The van der Waals surface area contributed by atoms with Crippen LogP contribution in [0.3, 0.4) is 0 Å². The van der Waals surface area contributed by atoms with Crippen molar-refractivity contribution < 1.29 is 14.6 Å². The zero-order chi connectivity index (χ0) is 13.9. The predicted octanol–water partition coefficient (Wildman–Crippen LogP) is 2.71. The van der Waals surface area contributed by atoms with Gasteiger partial charge in [0.1, 0.15) is 0 Å². The second kappa shape index (κ2) is 5.99. The van der Waals surface area contributed by atoms with Gasteiger partial charge in [-0.1, -0.05) is 11.6 Å². The lowest BCUT2D eigenvalue weighted by molar-refractivity contribution is 0.0277. The van der Waals surface area contributed by atoms with Gasteiger partial charge in [-0.05, 0) is 25.8 Å². The van der Waals surface area contributed by atoms with Crippen LogP contribution in [0.1, 0.15) is 25.3 Å². The maximum atomic E-state index is 10.1. The lowest BCUT2D eigenvalue weighted by Crippen LogP contribution is -2.48. The highest BCUT2D eigenvalue weighted by Crippen LogP contribution is 2.33. The van der Waals surface area contributed by atoms with Gasteiger partial charge in [0.05, 0.1) is 13.7 Å². The number of nitrogens with one attached hydrogen (secondary N) is 1. The minimum Gasteiger partial charge on any atom is -0.504 e. The molecule has 0 saturated carbocycles. The summed E-state index contributed by atoms with van der Waals surface area (Å²) in [6.45, 7) is 4.17. The molecule has 1 aliphatic heterocycles. The topological polar surface area (TPSA) is 50.7 Å². The highest BCUT2D eigenvalue weighted by molar-refractivity contribution is 6.30. The lowest BCUT2D eigenvalue weighted by Gasteiger charge is -2.34. The first kappa shape index (κ1) is 14.4. The molecule has 1 heterocycles. The van der Waals surface area contributed by atoms with Crippen LogP contribution in [-0.2, 0) is 11.3 Å². The van der Waals surface area contributed by atoms with E-state index in [9.17, 15) is 5.11 Å². The Morgan fingerprint density at radius 3 is 2.95 bits per heavy atom. The summed E-state index contributed by atoms with van der Waals surface area (Å²) in [6, 6.07) is 3.35. The fourth-order valence-corrected chi connectivity index (χ4v) is 2.53. The van der Waals surface area contributed by atoms with Crippen LogP contribution in [0.2, 0.25) is 5.02 Å². The van der Waals surface area contributed by atoms with Crippen molar-refractivity contribution in [3.05, 3.63) is 22.7 Å². The summed E-state index contributed by atoms with van der Waals surface area (Å²) in [6.07, 6.45) is 2.11. The van der Waals surface area contributed by atoms with Crippen LogP contribution in [0.5, 0.6) is 11.5 Å². The molecule has 106 valence electrons. The minimum absolute atomic E-state index is 0.0553. The Balaban J connectivity index is 2.08. The molecule has 0 aliphatic carbocycles. The Kier molecular flexibility index (Phi) is 4.55. The average Bonchev–Trinajstić information content (AvgIpc) is 2.40. The van der Waals surface area contributed by atoms with E-state index in [4.69, 9.17) is 21.1 Å². The first-order chi connectivity index (χ1) is 9.04. The first-order valence-corrected chi connectivity index (χ1v) is 6.80. The van der Waals surface area contributed by atoms with Gasteiger partial charge in [-0.15, -0.1) is 0 Å². The quantitative estimate of drug-likeness (QED) is 0.893. The number of hydrogen-bond donors (Lipinski definition) is 2. The van der Waals surface area contributed by atoms with Crippen molar-refractivity contribution >= 4 is 11.6 Å². The Morgan fingerprint density at radius 1 is 1.53 bits per heavy atom. The predicted molar refractivity (Wildman–Crippen MR) is 75.0 cm³/mol. The zero-order valence-corrected chi connectivity index (χ0v) is 12.1. The second-order valence-corrected chi connectivity index (χ2v) is 5.62. The molecule has 0 radical (unpaired) electrons. The number of ether oxygens (including phenoxy) is 2. The smallest absolute Gasteiger partial charge is 0.162 e. The number of phenols is 1. The van der Waals surface area contributed by atoms with E-state index in [0.29, 0.717) is 23.9 Å². The van der Waals surface area contributed by atoms with E-state index in [1.165, 1.54) is 7.11 Å². The number of methoxy groups -OCH3 is 1. The molecule has 0 bridgehead atoms. The fraction of sp³-hybridized carbons (Fsp3) is 0.571. The standard InChI is InChI=1S/C14H20ClNO3/c1-14(4-3-5-19-9-14)16-8-10-6-11(15)7-12(18-2)13(10)17/h6-7,16-17H,3-5,8-9H2,1-2H3. The number of rotatable bonds is 4. The van der Waals surface area contributed by atoms with Crippen LogP contribution in [0.4, 0.5) is 0 Å². The summed E-state index contributed by atoms with van der Waals surface area (Å²) in [5, 5.41) is 14.1. The highest BCUT2D eigenvalue weighted by Gasteiger charge is 2.27. The molecular weight excluding hydrogens is 266 g/mol. The van der Waals surface area contributed by atoms with Gasteiger partial charge < -0.3 is 19.9 Å². The molecule has 1 unspecified atom stereocenters. The molecule has 0 spiro atoms. The summed E-state index contributed by atoms with van der Waals surface area (Å²) in [5.41, 5.74) is 0.677. The summed E-state index contributed by atoms with van der Waals surface area (Å²) >= 11 is 6.01. The molecule has 2 N–H and O–H groups in total. The number of aromatic hydroxyl groups is 1. The molecule has 0 aromatic heterocycles. The van der Waals surface area contributed by atoms with E-state index in [1.54, 1.807) is 12.1 Å². The van der Waals surface area contributed by atoms with Crippen molar-refractivity contribution in [2.75, 3.05) is 20.3 Å². The van der Waals surface area contributed by atoms with Crippen LogP contribution in [-0.4, -0.2) is 31.0 Å². The lowest BCUT2D eigenvalue weighted by atomic mass is 9.94. The molecular formula is C14H20ClNO3. The van der Waals surface area contributed by atoms with Gasteiger partial charge in [0.25, 0.3) is 0 Å². The first-order valence-electron chi connectivity index (χ1n) is 6.42. The third kappa shape index (κ3) is 3.53. The molecule has 1 aromatic rings. The van der Waals surface area contributed by atoms with Gasteiger partial charge in [-0.2, -0.15) is 0 Å². The molecule has 0 amide bonds. The Morgan fingerprint density at radius 2 is 2.32 bits per heavy atom. The number of phenolic OH excluding ortho intramolecular Hbond substituents is 1. The van der Waals surface area contributed by atoms with E-state index in [1.807, 2.05) is 0 Å². The molecule has 4 nitrogen and oxygen atoms in total. The number of halogens is 1. The Hall–Kier alpha value is -0.970. The molecule has 2 rings (SSSR count). The van der Waals surface area contributed by atoms with E-state index >= 15 is 0 Å². The minimum atomic E-state index is -0.0553. The summed E-state index contributed by atoms with van der Waals surface area (Å²) < 4.78 is 10.6. The summed E-state index contributed by atoms with van der Waals surface area (Å²) in [7, 11) is 1.51. The van der Waals surface area contributed by atoms with Gasteiger partial charge in [0, 0.05) is 35.3 Å². The maximum Gasteiger partial charge on any atom is 0.162 e. The Labute approximate surface area is 118 Å². The van der Waals surface area contributed by atoms with Crippen molar-refractivity contribution in [1.29, 1.82) is 0 Å². The van der Waals surface area contributed by atoms with E-state index in [-0.39, 0.29) is 11.3 Å². The van der Waals surface area contributed by atoms with Crippen molar-refractivity contribution in [1.82, 2.24) is 5.32 Å². The van der Waals surface area contributed by atoms with Crippen molar-refractivity contribution in [2.45, 2.75) is 31.8 Å². The fourth-order valence-electron chi connectivity index (χ4n) is 2.30.